The van der Waals surface area contributed by atoms with Crippen molar-refractivity contribution in [2.75, 3.05) is 11.9 Å². The molecule has 3 unspecified atom stereocenters. The van der Waals surface area contributed by atoms with E-state index < -0.39 is 0 Å². The Labute approximate surface area is 121 Å². The summed E-state index contributed by atoms with van der Waals surface area (Å²) in [5.74, 6) is 2.29. The van der Waals surface area contributed by atoms with E-state index in [0.717, 1.165) is 23.4 Å². The van der Waals surface area contributed by atoms with Gasteiger partial charge < -0.3 is 5.32 Å². The predicted octanol–water partition coefficient (Wildman–Crippen LogP) is 5.31. The Morgan fingerprint density at radius 3 is 2.79 bits per heavy atom. The van der Waals surface area contributed by atoms with Crippen molar-refractivity contribution in [3.8, 4) is 0 Å². The van der Waals surface area contributed by atoms with Crippen LogP contribution in [0.25, 0.3) is 0 Å². The Kier molecular flexibility index (Phi) is 3.29. The first kappa shape index (κ1) is 13.3. The number of fused-ring (bicyclic) bond motifs is 1. The van der Waals surface area contributed by atoms with Crippen LogP contribution in [0.2, 0.25) is 5.02 Å². The number of nitrogens with one attached hydrogen (secondary N) is 1. The summed E-state index contributed by atoms with van der Waals surface area (Å²) in [6.07, 6.45) is 4.07. The Bertz CT molecular complexity index is 480. The van der Waals surface area contributed by atoms with Gasteiger partial charge in [0.05, 0.1) is 0 Å². The summed E-state index contributed by atoms with van der Waals surface area (Å²) in [5, 5.41) is 4.43. The fourth-order valence-corrected chi connectivity index (χ4v) is 4.66. The average molecular weight is 278 g/mol. The molecule has 0 radical (unpaired) electrons. The zero-order valence-corrected chi connectivity index (χ0v) is 12.9. The van der Waals surface area contributed by atoms with Crippen LogP contribution in [0.1, 0.15) is 51.5 Å². The highest BCUT2D eigenvalue weighted by Gasteiger charge is 2.38. The monoisotopic (exact) mass is 277 g/mol. The topological polar surface area (TPSA) is 12.0 Å². The normalized spacial score (nSPS) is 32.7. The van der Waals surface area contributed by atoms with Crippen molar-refractivity contribution in [3.63, 3.8) is 0 Å². The van der Waals surface area contributed by atoms with E-state index in [0.29, 0.717) is 11.3 Å². The van der Waals surface area contributed by atoms with Crippen LogP contribution in [-0.2, 0) is 0 Å². The molecule has 104 valence electrons. The maximum absolute atomic E-state index is 6.18. The van der Waals surface area contributed by atoms with Gasteiger partial charge >= 0.3 is 0 Å². The van der Waals surface area contributed by atoms with Crippen LogP contribution >= 0.6 is 11.6 Å². The van der Waals surface area contributed by atoms with E-state index in [1.165, 1.54) is 30.5 Å². The van der Waals surface area contributed by atoms with E-state index in [2.05, 4.69) is 38.2 Å². The van der Waals surface area contributed by atoms with Crippen molar-refractivity contribution in [1.82, 2.24) is 0 Å². The van der Waals surface area contributed by atoms with E-state index in [4.69, 9.17) is 11.6 Å². The third-order valence-corrected chi connectivity index (χ3v) is 5.15. The standard InChI is InChI=1S/C17H24ClN/c1-11-6-12(9-17(2,3)8-11)15-10-19-16-5-4-13(18)7-14(15)16/h4-5,7,11-12,15,19H,6,8-10H2,1-3H3. The molecule has 1 nitrogen and oxygen atoms in total. The number of benzene rings is 1. The number of halogens is 1. The third kappa shape index (κ3) is 2.63. The molecule has 1 heterocycles. The highest BCUT2D eigenvalue weighted by molar-refractivity contribution is 6.30. The summed E-state index contributed by atoms with van der Waals surface area (Å²) >= 11 is 6.18. The van der Waals surface area contributed by atoms with Gasteiger partial charge in [-0.1, -0.05) is 32.4 Å². The predicted molar refractivity (Wildman–Crippen MR) is 83.0 cm³/mol. The van der Waals surface area contributed by atoms with E-state index in [9.17, 15) is 0 Å². The summed E-state index contributed by atoms with van der Waals surface area (Å²) in [6, 6.07) is 6.30. The molecule has 1 aliphatic carbocycles. The first-order chi connectivity index (χ1) is 8.94. The zero-order chi connectivity index (χ0) is 13.6. The highest BCUT2D eigenvalue weighted by atomic mass is 35.5. The SMILES string of the molecule is CC1CC(C2CNc3ccc(Cl)cc32)CC(C)(C)C1. The first-order valence-corrected chi connectivity index (χ1v) is 7.86. The van der Waals surface area contributed by atoms with Gasteiger partial charge in [0, 0.05) is 23.2 Å². The number of hydrogen-bond donors (Lipinski definition) is 1. The lowest BCUT2D eigenvalue weighted by Gasteiger charge is -2.41. The molecule has 1 N–H and O–H groups in total. The van der Waals surface area contributed by atoms with E-state index >= 15 is 0 Å². The molecule has 19 heavy (non-hydrogen) atoms. The zero-order valence-electron chi connectivity index (χ0n) is 12.2. The largest absolute Gasteiger partial charge is 0.384 e. The molecule has 0 spiro atoms. The lowest BCUT2D eigenvalue weighted by Crippen LogP contribution is -2.31. The lowest BCUT2D eigenvalue weighted by molar-refractivity contribution is 0.119. The second kappa shape index (κ2) is 4.70. The van der Waals surface area contributed by atoms with Crippen molar-refractivity contribution in [3.05, 3.63) is 28.8 Å². The van der Waals surface area contributed by atoms with Gasteiger partial charge in [0.2, 0.25) is 0 Å². The summed E-state index contributed by atoms with van der Waals surface area (Å²) in [5.41, 5.74) is 3.23. The average Bonchev–Trinajstić information content (AvgIpc) is 2.68. The van der Waals surface area contributed by atoms with Gasteiger partial charge in [0.1, 0.15) is 0 Å². The molecular weight excluding hydrogens is 254 g/mol. The molecular formula is C17H24ClN. The Morgan fingerprint density at radius 2 is 2.05 bits per heavy atom. The van der Waals surface area contributed by atoms with E-state index in [-0.39, 0.29) is 0 Å². The highest BCUT2D eigenvalue weighted by Crippen LogP contribution is 2.49. The number of rotatable bonds is 1. The molecule has 1 saturated carbocycles. The first-order valence-electron chi connectivity index (χ1n) is 7.48. The smallest absolute Gasteiger partial charge is 0.0410 e. The molecule has 2 heteroatoms. The van der Waals surface area contributed by atoms with Gasteiger partial charge in [-0.05, 0) is 60.3 Å². The summed E-state index contributed by atoms with van der Waals surface area (Å²) in [7, 11) is 0. The third-order valence-electron chi connectivity index (χ3n) is 4.92. The molecule has 1 fully saturated rings. The summed E-state index contributed by atoms with van der Waals surface area (Å²) in [6.45, 7) is 8.35. The maximum atomic E-state index is 6.18. The van der Waals surface area contributed by atoms with Crippen LogP contribution in [0, 0.1) is 17.3 Å². The lowest BCUT2D eigenvalue weighted by atomic mass is 9.64. The van der Waals surface area contributed by atoms with Gasteiger partial charge in [-0.3, -0.25) is 0 Å². The minimum atomic E-state index is 0.490. The molecule has 2 aliphatic rings. The molecule has 0 amide bonds. The molecule has 1 aromatic rings. The molecule has 1 aliphatic heterocycles. The minimum Gasteiger partial charge on any atom is -0.384 e. The van der Waals surface area contributed by atoms with Crippen LogP contribution in [0.5, 0.6) is 0 Å². The van der Waals surface area contributed by atoms with Gasteiger partial charge in [0.25, 0.3) is 0 Å². The van der Waals surface area contributed by atoms with Crippen LogP contribution in [0.15, 0.2) is 18.2 Å². The fourth-order valence-electron chi connectivity index (χ4n) is 4.48. The van der Waals surface area contributed by atoms with Crippen LogP contribution in [-0.4, -0.2) is 6.54 Å². The molecule has 0 bridgehead atoms. The van der Waals surface area contributed by atoms with E-state index in [1.54, 1.807) is 0 Å². The van der Waals surface area contributed by atoms with Crippen molar-refractivity contribution >= 4 is 17.3 Å². The minimum absolute atomic E-state index is 0.490. The second-order valence-electron chi connectivity index (χ2n) is 7.39. The Hall–Kier alpha value is -0.690. The van der Waals surface area contributed by atoms with Gasteiger partial charge in [0.15, 0.2) is 0 Å². The quantitative estimate of drug-likeness (QED) is 0.733. The number of anilines is 1. The van der Waals surface area contributed by atoms with E-state index in [1.807, 2.05) is 6.07 Å². The molecule has 0 aromatic heterocycles. The van der Waals surface area contributed by atoms with Gasteiger partial charge in [-0.2, -0.15) is 0 Å². The molecule has 3 atom stereocenters. The fraction of sp³-hybridized carbons (Fsp3) is 0.647. The van der Waals surface area contributed by atoms with Crippen molar-refractivity contribution in [1.29, 1.82) is 0 Å². The Morgan fingerprint density at radius 1 is 1.26 bits per heavy atom. The van der Waals surface area contributed by atoms with Crippen molar-refractivity contribution < 1.29 is 0 Å². The van der Waals surface area contributed by atoms with Crippen LogP contribution in [0.4, 0.5) is 5.69 Å². The second-order valence-corrected chi connectivity index (χ2v) is 7.83. The van der Waals surface area contributed by atoms with Crippen LogP contribution < -0.4 is 5.32 Å². The van der Waals surface area contributed by atoms with Gasteiger partial charge in [-0.25, -0.2) is 0 Å². The molecule has 1 aromatic carbocycles. The number of hydrogen-bond acceptors (Lipinski definition) is 1. The summed E-state index contributed by atoms with van der Waals surface area (Å²) in [4.78, 5) is 0. The maximum Gasteiger partial charge on any atom is 0.0410 e. The van der Waals surface area contributed by atoms with Crippen LogP contribution in [0.3, 0.4) is 0 Å². The molecule has 0 saturated heterocycles. The van der Waals surface area contributed by atoms with Gasteiger partial charge in [-0.15, -0.1) is 0 Å². The molecule has 3 rings (SSSR count). The summed E-state index contributed by atoms with van der Waals surface area (Å²) < 4.78 is 0. The Balaban J connectivity index is 1.87. The van der Waals surface area contributed by atoms with Crippen molar-refractivity contribution in [2.24, 2.45) is 17.3 Å². The van der Waals surface area contributed by atoms with Crippen molar-refractivity contribution in [2.45, 2.75) is 46.0 Å².